The SMILES string of the molecule is C/C(=C\c1csc(C)n1)[C@@H]1Cc2sc(C)nc2CCC[C@H](C)[C@H](O)[C@@H](C)C(=O)C(C)(C)[C@@H](O)CC(=O)O1. The highest BCUT2D eigenvalue weighted by Gasteiger charge is 2.42. The van der Waals surface area contributed by atoms with Crippen molar-refractivity contribution in [2.24, 2.45) is 17.3 Å². The minimum Gasteiger partial charge on any atom is -0.457 e. The Morgan fingerprint density at radius 3 is 2.49 bits per heavy atom. The number of aryl methyl sites for hydroxylation is 3. The zero-order chi connectivity index (χ0) is 27.5. The average molecular weight is 549 g/mol. The van der Waals surface area contributed by atoms with E-state index in [2.05, 4.69) is 4.98 Å². The summed E-state index contributed by atoms with van der Waals surface area (Å²) in [5, 5.41) is 25.7. The summed E-state index contributed by atoms with van der Waals surface area (Å²) in [5.41, 5.74) is 1.44. The molecule has 0 saturated heterocycles. The Labute approximate surface area is 228 Å². The third kappa shape index (κ3) is 7.34. The molecule has 0 saturated carbocycles. The van der Waals surface area contributed by atoms with Crippen LogP contribution in [0.15, 0.2) is 11.0 Å². The van der Waals surface area contributed by atoms with Gasteiger partial charge in [0.2, 0.25) is 0 Å². The van der Waals surface area contributed by atoms with Gasteiger partial charge < -0.3 is 14.9 Å². The van der Waals surface area contributed by atoms with Crippen molar-refractivity contribution in [3.63, 3.8) is 0 Å². The van der Waals surface area contributed by atoms with E-state index in [1.807, 2.05) is 39.2 Å². The third-order valence-corrected chi connectivity index (χ3v) is 9.29. The van der Waals surface area contributed by atoms with E-state index in [1.54, 1.807) is 43.4 Å². The Kier molecular flexibility index (Phi) is 9.83. The first-order valence-corrected chi connectivity index (χ1v) is 14.6. The topological polar surface area (TPSA) is 110 Å². The first-order chi connectivity index (χ1) is 17.3. The van der Waals surface area contributed by atoms with Crippen LogP contribution in [0, 0.1) is 31.1 Å². The number of aromatic nitrogens is 2. The lowest BCUT2D eigenvalue weighted by molar-refractivity contribution is -0.154. The van der Waals surface area contributed by atoms with Crippen LogP contribution >= 0.6 is 22.7 Å². The van der Waals surface area contributed by atoms with Crippen molar-refractivity contribution in [3.05, 3.63) is 37.2 Å². The van der Waals surface area contributed by atoms with Gasteiger partial charge in [-0.2, -0.15) is 0 Å². The largest absolute Gasteiger partial charge is 0.457 e. The van der Waals surface area contributed by atoms with Crippen molar-refractivity contribution >= 4 is 40.5 Å². The summed E-state index contributed by atoms with van der Waals surface area (Å²) in [6, 6.07) is 0. The van der Waals surface area contributed by atoms with E-state index in [9.17, 15) is 19.8 Å². The minimum absolute atomic E-state index is 0.0903. The van der Waals surface area contributed by atoms with E-state index in [-0.39, 0.29) is 18.1 Å². The number of cyclic esters (lactones) is 1. The molecule has 0 unspecified atom stereocenters. The predicted octanol–water partition coefficient (Wildman–Crippen LogP) is 5.09. The van der Waals surface area contributed by atoms with Crippen molar-refractivity contribution in [2.75, 3.05) is 0 Å². The van der Waals surface area contributed by atoms with E-state index in [0.29, 0.717) is 6.42 Å². The number of hydrogen-bond acceptors (Lipinski definition) is 9. The summed E-state index contributed by atoms with van der Waals surface area (Å²) in [6.07, 6.45) is 1.79. The number of aliphatic hydroxyl groups excluding tert-OH is 2. The standard InChI is InChI=1S/C28H40N2O5S2/c1-15-9-8-10-21-23(37-19(5)30-21)12-22(16(2)11-20-14-36-18(4)29-20)35-25(32)13-24(31)28(6,7)27(34)17(3)26(15)33/h11,14-15,17,22,24,26,31,33H,8-10,12-13H2,1-7H3/b16-11+/t15-,17+,22-,24-,26-/m0/s1. The number of hydrogen-bond donors (Lipinski definition) is 2. The number of fused-ring (bicyclic) bond motifs is 1. The second-order valence-electron chi connectivity index (χ2n) is 10.9. The lowest BCUT2D eigenvalue weighted by Crippen LogP contribution is -2.45. The van der Waals surface area contributed by atoms with Crippen molar-refractivity contribution in [2.45, 2.75) is 98.9 Å². The number of ether oxygens (including phenoxy) is 1. The summed E-state index contributed by atoms with van der Waals surface area (Å²) >= 11 is 3.16. The monoisotopic (exact) mass is 548 g/mol. The van der Waals surface area contributed by atoms with Crippen LogP contribution in [0.1, 0.15) is 80.2 Å². The van der Waals surface area contributed by atoms with Gasteiger partial charge in [0.05, 0.1) is 45.4 Å². The molecular weight excluding hydrogens is 508 g/mol. The molecular formula is C28H40N2O5S2. The molecule has 204 valence electrons. The molecule has 0 bridgehead atoms. The van der Waals surface area contributed by atoms with Gasteiger partial charge in [-0.05, 0) is 57.6 Å². The molecule has 9 heteroatoms. The average Bonchev–Trinajstić information content (AvgIpc) is 3.40. The van der Waals surface area contributed by atoms with Crippen LogP contribution in [0.2, 0.25) is 0 Å². The summed E-state index contributed by atoms with van der Waals surface area (Å²) in [5.74, 6) is -1.59. The van der Waals surface area contributed by atoms with Crippen molar-refractivity contribution < 1.29 is 24.5 Å². The molecule has 5 atom stereocenters. The quantitative estimate of drug-likeness (QED) is 0.503. The molecule has 0 radical (unpaired) electrons. The van der Waals surface area contributed by atoms with E-state index in [1.165, 1.54) is 0 Å². The van der Waals surface area contributed by atoms with Crippen molar-refractivity contribution in [1.29, 1.82) is 0 Å². The number of rotatable bonds is 2. The van der Waals surface area contributed by atoms with E-state index in [4.69, 9.17) is 9.72 Å². The molecule has 3 rings (SSSR count). The van der Waals surface area contributed by atoms with Crippen LogP contribution in [0.25, 0.3) is 6.08 Å². The molecule has 7 nitrogen and oxygen atoms in total. The smallest absolute Gasteiger partial charge is 0.309 e. The van der Waals surface area contributed by atoms with Crippen LogP contribution in [0.4, 0.5) is 0 Å². The van der Waals surface area contributed by atoms with Gasteiger partial charge >= 0.3 is 5.97 Å². The number of nitrogens with zero attached hydrogens (tertiary/aromatic N) is 2. The molecule has 0 amide bonds. The van der Waals surface area contributed by atoms with E-state index < -0.39 is 35.6 Å². The molecule has 37 heavy (non-hydrogen) atoms. The summed E-state index contributed by atoms with van der Waals surface area (Å²) in [7, 11) is 0. The fourth-order valence-electron chi connectivity index (χ4n) is 4.88. The maximum absolute atomic E-state index is 13.3. The maximum Gasteiger partial charge on any atom is 0.309 e. The molecule has 0 aliphatic carbocycles. The van der Waals surface area contributed by atoms with Gasteiger partial charge in [-0.3, -0.25) is 9.59 Å². The van der Waals surface area contributed by atoms with Crippen LogP contribution in [0.5, 0.6) is 0 Å². The Hall–Kier alpha value is -1.94. The highest BCUT2D eigenvalue weighted by molar-refractivity contribution is 7.11. The van der Waals surface area contributed by atoms with Crippen LogP contribution in [0.3, 0.4) is 0 Å². The molecule has 2 aromatic heterocycles. The van der Waals surface area contributed by atoms with Crippen LogP contribution in [-0.4, -0.2) is 50.2 Å². The first kappa shape index (κ1) is 29.6. The number of aliphatic hydroxyl groups is 2. The molecule has 1 aliphatic heterocycles. The van der Waals surface area contributed by atoms with Crippen molar-refractivity contribution in [3.8, 4) is 0 Å². The molecule has 3 heterocycles. The molecule has 2 N–H and O–H groups in total. The van der Waals surface area contributed by atoms with Gasteiger partial charge in [0.25, 0.3) is 0 Å². The molecule has 0 aromatic carbocycles. The van der Waals surface area contributed by atoms with E-state index >= 15 is 0 Å². The predicted molar refractivity (Wildman–Crippen MR) is 148 cm³/mol. The number of ketones is 1. The number of carbonyl (C=O) groups excluding carboxylic acids is 2. The van der Waals surface area contributed by atoms with Crippen LogP contribution < -0.4 is 0 Å². The summed E-state index contributed by atoms with van der Waals surface area (Å²) in [4.78, 5) is 36.7. The van der Waals surface area contributed by atoms with Gasteiger partial charge in [-0.25, -0.2) is 9.97 Å². The van der Waals surface area contributed by atoms with Gasteiger partial charge in [0.1, 0.15) is 11.9 Å². The second kappa shape index (κ2) is 12.3. The normalized spacial score (nSPS) is 28.6. The lowest BCUT2D eigenvalue weighted by Gasteiger charge is -2.34. The summed E-state index contributed by atoms with van der Waals surface area (Å²) in [6.45, 7) is 12.8. The zero-order valence-corrected chi connectivity index (χ0v) is 24.5. The number of carbonyl (C=O) groups is 2. The zero-order valence-electron chi connectivity index (χ0n) is 22.9. The Balaban J connectivity index is 1.97. The molecule has 0 spiro atoms. The highest BCUT2D eigenvalue weighted by Crippen LogP contribution is 2.33. The number of esters is 1. The highest BCUT2D eigenvalue weighted by atomic mass is 32.1. The Morgan fingerprint density at radius 1 is 1.14 bits per heavy atom. The minimum atomic E-state index is -1.24. The molecule has 1 aliphatic rings. The Morgan fingerprint density at radius 2 is 1.84 bits per heavy atom. The van der Waals surface area contributed by atoms with Crippen molar-refractivity contribution in [1.82, 2.24) is 9.97 Å². The van der Waals surface area contributed by atoms with Gasteiger partial charge in [0, 0.05) is 22.6 Å². The van der Waals surface area contributed by atoms with Gasteiger partial charge in [-0.1, -0.05) is 27.7 Å². The van der Waals surface area contributed by atoms with Gasteiger partial charge in [0.15, 0.2) is 0 Å². The molecule has 2 aromatic rings. The number of thiazole rings is 2. The first-order valence-electron chi connectivity index (χ1n) is 12.9. The van der Waals surface area contributed by atoms with Crippen LogP contribution in [-0.2, 0) is 27.2 Å². The Bertz CT molecular complexity index is 1140. The van der Waals surface area contributed by atoms with E-state index in [0.717, 1.165) is 51.1 Å². The number of Topliss-reactive ketones (excluding diaryl/α,β-unsaturated/α-hetero) is 1. The lowest BCUT2D eigenvalue weighted by atomic mass is 9.73. The fraction of sp³-hybridized carbons (Fsp3) is 0.643. The van der Waals surface area contributed by atoms with Gasteiger partial charge in [-0.15, -0.1) is 22.7 Å². The maximum atomic E-state index is 13.3. The summed E-state index contributed by atoms with van der Waals surface area (Å²) < 4.78 is 5.95. The second-order valence-corrected chi connectivity index (χ2v) is 13.3. The molecule has 0 fully saturated rings. The third-order valence-electron chi connectivity index (χ3n) is 7.46. The fourth-order valence-corrected chi connectivity index (χ4v) is 6.47.